The van der Waals surface area contributed by atoms with E-state index < -0.39 is 11.6 Å². The van der Waals surface area contributed by atoms with Crippen molar-refractivity contribution in [2.75, 3.05) is 16.9 Å². The fraction of sp³-hybridized carbons (Fsp3) is 0.261. The number of anilines is 3. The maximum absolute atomic E-state index is 11.1. The molecule has 0 fully saturated rings. The van der Waals surface area contributed by atoms with E-state index in [9.17, 15) is 4.79 Å². The van der Waals surface area contributed by atoms with E-state index in [1.165, 1.54) is 11.8 Å². The van der Waals surface area contributed by atoms with Gasteiger partial charge in [-0.2, -0.15) is 0 Å². The second kappa shape index (κ2) is 11.0. The highest BCUT2D eigenvalue weighted by atomic mass is 35.5. The lowest BCUT2D eigenvalue weighted by Crippen LogP contribution is -2.44. The molecule has 3 rings (SSSR count). The first-order valence-electron chi connectivity index (χ1n) is 10.1. The van der Waals surface area contributed by atoms with Crippen LogP contribution in [0, 0.1) is 0 Å². The van der Waals surface area contributed by atoms with Gasteiger partial charge in [-0.25, -0.2) is 14.8 Å². The molecule has 3 aromatic rings. The van der Waals surface area contributed by atoms with Crippen LogP contribution in [0.15, 0.2) is 53.8 Å². The molecular weight excluding hydrogens is 481 g/mol. The van der Waals surface area contributed by atoms with E-state index in [0.29, 0.717) is 39.7 Å². The smallest absolute Gasteiger partial charge is 0.405 e. The van der Waals surface area contributed by atoms with Crippen molar-refractivity contribution in [2.24, 2.45) is 0 Å². The monoisotopic (exact) mass is 505 g/mol. The normalized spacial score (nSPS) is 11.2. The third-order valence-corrected chi connectivity index (χ3v) is 5.92. The molecule has 0 atom stereocenters. The minimum atomic E-state index is -1.05. The van der Waals surface area contributed by atoms with E-state index in [2.05, 4.69) is 25.9 Å². The first kappa shape index (κ1) is 25.0. The summed E-state index contributed by atoms with van der Waals surface area (Å²) in [5, 5.41) is 19.9. The molecule has 174 valence electrons. The molecule has 1 amide bonds. The summed E-state index contributed by atoms with van der Waals surface area (Å²) in [5.41, 5.74) is 2.70. The summed E-state index contributed by atoms with van der Waals surface area (Å²) < 4.78 is 0. The summed E-state index contributed by atoms with van der Waals surface area (Å²) in [5.74, 6) is 0.657. The van der Waals surface area contributed by atoms with Gasteiger partial charge in [0.25, 0.3) is 0 Å². The minimum absolute atomic E-state index is 0.412. The standard InChI is InChI=1S/C23H25Cl2N5O2S/c1-23(2,30-22(31)32)11-14-6-4-7-16(10-14)28-20-15(13-27-21(29-20)33-3)12-26-19-17(24)8-5-9-18(19)25/h4-10,13,26,30H,11-12H2,1-3H3,(H,31,32)(H,27,28,29). The van der Waals surface area contributed by atoms with Gasteiger partial charge in [-0.15, -0.1) is 0 Å². The first-order chi connectivity index (χ1) is 15.7. The van der Waals surface area contributed by atoms with Gasteiger partial charge in [-0.3, -0.25) is 0 Å². The number of thioether (sulfide) groups is 1. The Balaban J connectivity index is 1.82. The molecule has 0 spiro atoms. The highest BCUT2D eigenvalue weighted by Crippen LogP contribution is 2.31. The molecule has 7 nitrogen and oxygen atoms in total. The Bertz CT molecular complexity index is 1120. The van der Waals surface area contributed by atoms with E-state index >= 15 is 0 Å². The fourth-order valence-electron chi connectivity index (χ4n) is 3.32. The van der Waals surface area contributed by atoms with Crippen LogP contribution >= 0.6 is 35.0 Å². The second-order valence-electron chi connectivity index (χ2n) is 8.00. The molecule has 33 heavy (non-hydrogen) atoms. The zero-order chi connectivity index (χ0) is 24.0. The molecule has 0 radical (unpaired) electrons. The third-order valence-electron chi connectivity index (χ3n) is 4.72. The summed E-state index contributed by atoms with van der Waals surface area (Å²) in [7, 11) is 0. The summed E-state index contributed by atoms with van der Waals surface area (Å²) in [4.78, 5) is 20.1. The number of nitrogens with zero attached hydrogens (tertiary/aromatic N) is 2. The lowest BCUT2D eigenvalue weighted by atomic mass is 9.95. The van der Waals surface area contributed by atoms with Gasteiger partial charge >= 0.3 is 6.09 Å². The maximum Gasteiger partial charge on any atom is 0.405 e. The summed E-state index contributed by atoms with van der Waals surface area (Å²) in [6.07, 6.45) is 3.17. The highest BCUT2D eigenvalue weighted by molar-refractivity contribution is 7.98. The van der Waals surface area contributed by atoms with Gasteiger partial charge in [0.2, 0.25) is 0 Å². The lowest BCUT2D eigenvalue weighted by Gasteiger charge is -2.25. The SMILES string of the molecule is CSc1ncc(CNc2c(Cl)cccc2Cl)c(Nc2cccc(CC(C)(C)NC(=O)O)c2)n1. The van der Waals surface area contributed by atoms with Crippen molar-refractivity contribution in [3.63, 3.8) is 0 Å². The van der Waals surface area contributed by atoms with Crippen LogP contribution in [0.1, 0.15) is 25.0 Å². The molecule has 0 saturated carbocycles. The van der Waals surface area contributed by atoms with Crippen LogP contribution in [-0.2, 0) is 13.0 Å². The van der Waals surface area contributed by atoms with Gasteiger partial charge < -0.3 is 21.1 Å². The fourth-order valence-corrected chi connectivity index (χ4v) is 4.19. The van der Waals surface area contributed by atoms with Crippen LogP contribution in [0.4, 0.5) is 22.0 Å². The van der Waals surface area contributed by atoms with Gasteiger partial charge in [0.15, 0.2) is 5.16 Å². The number of nitrogens with one attached hydrogen (secondary N) is 3. The van der Waals surface area contributed by atoms with Gasteiger partial charge in [0.05, 0.1) is 15.7 Å². The number of aromatic nitrogens is 2. The molecule has 1 heterocycles. The highest BCUT2D eigenvalue weighted by Gasteiger charge is 2.20. The molecule has 0 aliphatic heterocycles. The number of carbonyl (C=O) groups is 1. The van der Waals surface area contributed by atoms with Crippen LogP contribution in [-0.4, -0.2) is 33.0 Å². The molecule has 1 aromatic heterocycles. The predicted octanol–water partition coefficient (Wildman–Crippen LogP) is 6.45. The Kier molecular flexibility index (Phi) is 8.29. The number of halogens is 2. The number of rotatable bonds is 9. The molecule has 0 unspecified atom stereocenters. The summed E-state index contributed by atoms with van der Waals surface area (Å²) in [6, 6.07) is 13.1. The van der Waals surface area contributed by atoms with Crippen molar-refractivity contribution in [3.8, 4) is 0 Å². The zero-order valence-electron chi connectivity index (χ0n) is 18.4. The van der Waals surface area contributed by atoms with Gasteiger partial charge in [0, 0.05) is 29.5 Å². The first-order valence-corrected chi connectivity index (χ1v) is 12.1. The molecule has 4 N–H and O–H groups in total. The Morgan fingerprint density at radius 2 is 1.85 bits per heavy atom. The predicted molar refractivity (Wildman–Crippen MR) is 136 cm³/mol. The number of para-hydroxylation sites is 1. The zero-order valence-corrected chi connectivity index (χ0v) is 20.8. The van der Waals surface area contributed by atoms with Crippen LogP contribution in [0.5, 0.6) is 0 Å². The van der Waals surface area contributed by atoms with Crippen LogP contribution in [0.3, 0.4) is 0 Å². The summed E-state index contributed by atoms with van der Waals surface area (Å²) >= 11 is 14.0. The Morgan fingerprint density at radius 1 is 1.15 bits per heavy atom. The van der Waals surface area contributed by atoms with Crippen molar-refractivity contribution in [1.82, 2.24) is 15.3 Å². The number of carboxylic acid groups (broad SMARTS) is 1. The van der Waals surface area contributed by atoms with Crippen LogP contribution < -0.4 is 16.0 Å². The van der Waals surface area contributed by atoms with Crippen LogP contribution in [0.2, 0.25) is 10.0 Å². The minimum Gasteiger partial charge on any atom is -0.465 e. The Labute approximate surface area is 207 Å². The van der Waals surface area contributed by atoms with E-state index in [-0.39, 0.29) is 0 Å². The lowest BCUT2D eigenvalue weighted by molar-refractivity contribution is 0.182. The Morgan fingerprint density at radius 3 is 2.52 bits per heavy atom. The average molecular weight is 506 g/mol. The molecule has 0 aliphatic carbocycles. The van der Waals surface area contributed by atoms with Gasteiger partial charge in [-0.1, -0.05) is 53.2 Å². The molecular formula is C23H25Cl2N5O2S. The van der Waals surface area contributed by atoms with Crippen molar-refractivity contribution in [2.45, 2.75) is 37.5 Å². The quantitative estimate of drug-likeness (QED) is 0.196. The van der Waals surface area contributed by atoms with Gasteiger partial charge in [0.1, 0.15) is 5.82 Å². The van der Waals surface area contributed by atoms with E-state index in [1.807, 2.05) is 44.4 Å². The third kappa shape index (κ3) is 7.15. The van der Waals surface area contributed by atoms with E-state index in [4.69, 9.17) is 28.3 Å². The number of amides is 1. The number of hydrogen-bond acceptors (Lipinski definition) is 6. The van der Waals surface area contributed by atoms with Crippen LogP contribution in [0.25, 0.3) is 0 Å². The van der Waals surface area contributed by atoms with Crippen molar-refractivity contribution in [1.29, 1.82) is 0 Å². The topological polar surface area (TPSA) is 99.2 Å². The molecule has 0 aliphatic rings. The van der Waals surface area contributed by atoms with Crippen molar-refractivity contribution < 1.29 is 9.90 Å². The number of benzene rings is 2. The second-order valence-corrected chi connectivity index (χ2v) is 9.58. The van der Waals surface area contributed by atoms with E-state index in [0.717, 1.165) is 16.8 Å². The molecule has 0 bridgehead atoms. The molecule has 0 saturated heterocycles. The van der Waals surface area contributed by atoms with E-state index in [1.54, 1.807) is 24.4 Å². The average Bonchev–Trinajstić information content (AvgIpc) is 2.73. The summed E-state index contributed by atoms with van der Waals surface area (Å²) in [6.45, 7) is 4.11. The molecule has 10 heteroatoms. The largest absolute Gasteiger partial charge is 0.465 e. The van der Waals surface area contributed by atoms with Gasteiger partial charge in [-0.05, 0) is 56.4 Å². The number of hydrogen-bond donors (Lipinski definition) is 4. The van der Waals surface area contributed by atoms with Crippen molar-refractivity contribution in [3.05, 3.63) is 69.8 Å². The maximum atomic E-state index is 11.1. The Hall–Kier alpha value is -2.68. The molecule has 2 aromatic carbocycles. The van der Waals surface area contributed by atoms with Crippen molar-refractivity contribution >= 4 is 58.2 Å².